The van der Waals surface area contributed by atoms with Crippen LogP contribution in [0.1, 0.15) is 61.9 Å². The number of nitrogens with two attached hydrogens (primary N) is 1. The summed E-state index contributed by atoms with van der Waals surface area (Å²) in [4.78, 5) is 28.2. The Hall–Kier alpha value is -3.06. The molecule has 3 N–H and O–H groups in total. The molecule has 182 valence electrons. The molecule has 0 bridgehead atoms. The normalized spacial score (nSPS) is 15.7. The van der Waals surface area contributed by atoms with Crippen LogP contribution in [0.15, 0.2) is 42.5 Å². The van der Waals surface area contributed by atoms with Gasteiger partial charge in [0.15, 0.2) is 11.5 Å². The van der Waals surface area contributed by atoms with Gasteiger partial charge in [-0.3, -0.25) is 9.59 Å². The molecule has 4 rings (SSSR count). The Bertz CT molecular complexity index is 1030. The van der Waals surface area contributed by atoms with E-state index in [1.807, 2.05) is 29.2 Å². The summed E-state index contributed by atoms with van der Waals surface area (Å²) in [5, 5.41) is 2.96. The lowest BCUT2D eigenvalue weighted by atomic mass is 9.86. The average Bonchev–Trinajstić information content (AvgIpc) is 3.32. The molecule has 0 saturated heterocycles. The van der Waals surface area contributed by atoms with Gasteiger partial charge in [0.2, 0.25) is 12.7 Å². The zero-order chi connectivity index (χ0) is 24.1. The number of amides is 2. The third-order valence-electron chi connectivity index (χ3n) is 6.63. The minimum Gasteiger partial charge on any atom is -0.454 e. The summed E-state index contributed by atoms with van der Waals surface area (Å²) in [6.45, 7) is 5.96. The number of fused-ring (bicyclic) bond motifs is 1. The van der Waals surface area contributed by atoms with Crippen molar-refractivity contribution in [3.63, 3.8) is 0 Å². The van der Waals surface area contributed by atoms with Crippen molar-refractivity contribution in [1.82, 2.24) is 4.90 Å². The minimum absolute atomic E-state index is 0.0937. The number of rotatable bonds is 8. The van der Waals surface area contributed by atoms with E-state index in [-0.39, 0.29) is 29.9 Å². The Kier molecular flexibility index (Phi) is 7.41. The summed E-state index contributed by atoms with van der Waals surface area (Å²) >= 11 is 0. The van der Waals surface area contributed by atoms with Crippen molar-refractivity contribution < 1.29 is 19.1 Å². The molecule has 34 heavy (non-hydrogen) atoms. The number of hydrogen-bond donors (Lipinski definition) is 2. The highest BCUT2D eigenvalue weighted by Crippen LogP contribution is 2.33. The van der Waals surface area contributed by atoms with Crippen LogP contribution in [0.2, 0.25) is 0 Å². The highest BCUT2D eigenvalue weighted by molar-refractivity contribution is 6.04. The van der Waals surface area contributed by atoms with Gasteiger partial charge < -0.3 is 25.4 Å². The van der Waals surface area contributed by atoms with E-state index in [4.69, 9.17) is 15.2 Å². The lowest BCUT2D eigenvalue weighted by Gasteiger charge is -2.35. The zero-order valence-electron chi connectivity index (χ0n) is 20.1. The molecular formula is C27H35N3O4. The van der Waals surface area contributed by atoms with Gasteiger partial charge in [0.1, 0.15) is 0 Å². The molecule has 2 aromatic rings. The van der Waals surface area contributed by atoms with Crippen molar-refractivity contribution in [2.75, 3.05) is 25.2 Å². The maximum atomic E-state index is 13.4. The summed E-state index contributed by atoms with van der Waals surface area (Å²) in [6, 6.07) is 12.8. The van der Waals surface area contributed by atoms with Gasteiger partial charge >= 0.3 is 0 Å². The van der Waals surface area contributed by atoms with Gasteiger partial charge in [-0.05, 0) is 60.7 Å². The summed E-state index contributed by atoms with van der Waals surface area (Å²) in [5.74, 6) is 1.30. The van der Waals surface area contributed by atoms with Crippen molar-refractivity contribution in [1.29, 1.82) is 0 Å². The van der Waals surface area contributed by atoms with Crippen molar-refractivity contribution in [2.24, 2.45) is 17.1 Å². The topological polar surface area (TPSA) is 93.9 Å². The lowest BCUT2D eigenvalue weighted by Crippen LogP contribution is -2.44. The molecule has 7 nitrogen and oxygen atoms in total. The molecule has 1 aliphatic carbocycles. The molecule has 1 heterocycles. The fourth-order valence-electron chi connectivity index (χ4n) is 4.61. The summed E-state index contributed by atoms with van der Waals surface area (Å²) in [7, 11) is 0. The van der Waals surface area contributed by atoms with Gasteiger partial charge in [0.25, 0.3) is 5.91 Å². The third kappa shape index (κ3) is 5.89. The van der Waals surface area contributed by atoms with Crippen LogP contribution < -0.4 is 20.5 Å². The molecule has 1 saturated carbocycles. The first-order chi connectivity index (χ1) is 16.3. The van der Waals surface area contributed by atoms with Gasteiger partial charge in [0.05, 0.1) is 0 Å². The van der Waals surface area contributed by atoms with Gasteiger partial charge in [-0.2, -0.15) is 0 Å². The molecule has 0 radical (unpaired) electrons. The number of anilines is 1. The molecule has 0 atom stereocenters. The van der Waals surface area contributed by atoms with E-state index in [1.54, 1.807) is 18.2 Å². The van der Waals surface area contributed by atoms with Gasteiger partial charge in [-0.15, -0.1) is 0 Å². The van der Waals surface area contributed by atoms with Crippen molar-refractivity contribution >= 4 is 17.5 Å². The molecule has 2 amide bonds. The molecule has 0 spiro atoms. The SMILES string of the molecule is CC(C)(CN)CN(Cc1cccc(NC(=O)c2ccc3c(c2)OCO3)c1)C(=O)C1CCCCC1. The fraction of sp³-hybridized carbons (Fsp3) is 0.481. The number of nitrogens with zero attached hydrogens (tertiary/aromatic N) is 1. The fourth-order valence-corrected chi connectivity index (χ4v) is 4.61. The lowest BCUT2D eigenvalue weighted by molar-refractivity contribution is -0.138. The second-order valence-electron chi connectivity index (χ2n) is 10.1. The van der Waals surface area contributed by atoms with Crippen molar-refractivity contribution in [3.8, 4) is 11.5 Å². The highest BCUT2D eigenvalue weighted by atomic mass is 16.7. The van der Waals surface area contributed by atoms with Crippen LogP contribution in [0.3, 0.4) is 0 Å². The number of carbonyl (C=O) groups is 2. The maximum Gasteiger partial charge on any atom is 0.255 e. The van der Waals surface area contributed by atoms with E-state index in [0.29, 0.717) is 42.4 Å². The Morgan fingerprint density at radius 1 is 1.06 bits per heavy atom. The maximum absolute atomic E-state index is 13.4. The molecule has 1 fully saturated rings. The second-order valence-corrected chi connectivity index (χ2v) is 10.1. The first-order valence-electron chi connectivity index (χ1n) is 12.1. The Morgan fingerprint density at radius 3 is 2.59 bits per heavy atom. The van der Waals surface area contributed by atoms with Crippen LogP contribution in [-0.2, 0) is 11.3 Å². The van der Waals surface area contributed by atoms with E-state index < -0.39 is 0 Å². The first-order valence-corrected chi connectivity index (χ1v) is 12.1. The highest BCUT2D eigenvalue weighted by Gasteiger charge is 2.30. The predicted octanol–water partition coefficient (Wildman–Crippen LogP) is 4.56. The smallest absolute Gasteiger partial charge is 0.255 e. The van der Waals surface area contributed by atoms with E-state index in [9.17, 15) is 9.59 Å². The van der Waals surface area contributed by atoms with E-state index in [0.717, 1.165) is 31.2 Å². The van der Waals surface area contributed by atoms with E-state index in [2.05, 4.69) is 19.2 Å². The molecular weight excluding hydrogens is 430 g/mol. The quantitative estimate of drug-likeness (QED) is 0.596. The summed E-state index contributed by atoms with van der Waals surface area (Å²) in [6.07, 6.45) is 5.37. The number of hydrogen-bond acceptors (Lipinski definition) is 5. The third-order valence-corrected chi connectivity index (χ3v) is 6.63. The largest absolute Gasteiger partial charge is 0.454 e. The van der Waals surface area contributed by atoms with Crippen LogP contribution in [0.5, 0.6) is 11.5 Å². The van der Waals surface area contributed by atoms with E-state index >= 15 is 0 Å². The summed E-state index contributed by atoms with van der Waals surface area (Å²) in [5.41, 5.74) is 7.97. The van der Waals surface area contributed by atoms with Crippen LogP contribution in [0, 0.1) is 11.3 Å². The first kappa shape index (κ1) is 24.1. The predicted molar refractivity (Wildman–Crippen MR) is 132 cm³/mol. The monoisotopic (exact) mass is 465 g/mol. The van der Waals surface area contributed by atoms with Gasteiger partial charge in [0, 0.05) is 30.3 Å². The number of benzene rings is 2. The number of nitrogens with one attached hydrogen (secondary N) is 1. The van der Waals surface area contributed by atoms with Crippen molar-refractivity contribution in [3.05, 3.63) is 53.6 Å². The second kappa shape index (κ2) is 10.5. The number of ether oxygens (including phenoxy) is 2. The van der Waals surface area contributed by atoms with Crippen LogP contribution >= 0.6 is 0 Å². The molecule has 0 aromatic heterocycles. The van der Waals surface area contributed by atoms with Crippen LogP contribution in [0.4, 0.5) is 5.69 Å². The van der Waals surface area contributed by atoms with E-state index in [1.165, 1.54) is 6.42 Å². The van der Waals surface area contributed by atoms with Gasteiger partial charge in [-0.25, -0.2) is 0 Å². The Morgan fingerprint density at radius 2 is 1.82 bits per heavy atom. The molecule has 2 aliphatic rings. The standard InChI is InChI=1S/C27H35N3O4/c1-27(2,16-28)17-30(26(32)20-8-4-3-5-9-20)15-19-7-6-10-22(13-19)29-25(31)21-11-12-23-24(14-21)34-18-33-23/h6-7,10-14,20H,3-5,8-9,15-18,28H2,1-2H3,(H,29,31). The molecule has 2 aromatic carbocycles. The Labute approximate surface area is 201 Å². The number of carbonyl (C=O) groups excluding carboxylic acids is 2. The van der Waals surface area contributed by atoms with Crippen LogP contribution in [-0.4, -0.2) is 36.6 Å². The molecule has 7 heteroatoms. The summed E-state index contributed by atoms with van der Waals surface area (Å²) < 4.78 is 10.7. The van der Waals surface area contributed by atoms with Gasteiger partial charge in [-0.1, -0.05) is 45.2 Å². The zero-order valence-corrected chi connectivity index (χ0v) is 20.1. The molecule has 0 unspecified atom stereocenters. The average molecular weight is 466 g/mol. The molecule has 1 aliphatic heterocycles. The minimum atomic E-state index is -0.227. The van der Waals surface area contributed by atoms with Crippen LogP contribution in [0.25, 0.3) is 0 Å². The Balaban J connectivity index is 1.47. The van der Waals surface area contributed by atoms with Crippen molar-refractivity contribution in [2.45, 2.75) is 52.5 Å².